The van der Waals surface area contributed by atoms with Crippen LogP contribution in [0.25, 0.3) is 0 Å². The molecule has 1 rings (SSSR count). The van der Waals surface area contributed by atoms with Crippen molar-refractivity contribution in [2.75, 3.05) is 7.11 Å². The largest absolute Gasteiger partial charge is 0.496 e. The van der Waals surface area contributed by atoms with Crippen molar-refractivity contribution < 1.29 is 9.53 Å². The third kappa shape index (κ3) is 1.96. The van der Waals surface area contributed by atoms with Crippen LogP contribution in [0.4, 0.5) is 0 Å². The molecule has 1 aromatic rings. The van der Waals surface area contributed by atoms with Gasteiger partial charge in [0.1, 0.15) is 12.0 Å². The first-order chi connectivity index (χ1) is 6.33. The lowest BCUT2D eigenvalue weighted by Crippen LogP contribution is -1.95. The Hall–Kier alpha value is -1.57. The fraction of sp³-hybridized carbons (Fsp3) is 0.182. The van der Waals surface area contributed by atoms with Gasteiger partial charge in [-0.15, -0.1) is 6.58 Å². The molecule has 0 aromatic heterocycles. The molecule has 0 radical (unpaired) electrons. The van der Waals surface area contributed by atoms with Gasteiger partial charge in [-0.3, -0.25) is 4.79 Å². The van der Waals surface area contributed by atoms with Gasteiger partial charge in [-0.2, -0.15) is 0 Å². The molecule has 0 aliphatic rings. The number of methoxy groups -OCH3 is 1. The summed E-state index contributed by atoms with van der Waals surface area (Å²) in [6.07, 6.45) is 3.24. The monoisotopic (exact) mass is 176 g/mol. The van der Waals surface area contributed by atoms with Crippen LogP contribution in [0.15, 0.2) is 30.9 Å². The summed E-state index contributed by atoms with van der Waals surface area (Å²) in [5.74, 6) is 0.740. The van der Waals surface area contributed by atoms with E-state index in [1.54, 1.807) is 25.3 Å². The quantitative estimate of drug-likeness (QED) is 0.519. The highest BCUT2D eigenvalue weighted by Gasteiger charge is 2.05. The van der Waals surface area contributed by atoms with Crippen molar-refractivity contribution in [3.8, 4) is 5.75 Å². The van der Waals surface area contributed by atoms with Gasteiger partial charge in [-0.1, -0.05) is 18.2 Å². The number of benzene rings is 1. The molecule has 0 atom stereocenters. The van der Waals surface area contributed by atoms with E-state index in [-0.39, 0.29) is 0 Å². The third-order valence-corrected chi connectivity index (χ3v) is 1.86. The maximum atomic E-state index is 10.7. The van der Waals surface area contributed by atoms with E-state index in [2.05, 4.69) is 6.58 Å². The second-order valence-electron chi connectivity index (χ2n) is 2.64. The van der Waals surface area contributed by atoms with Crippen molar-refractivity contribution in [2.45, 2.75) is 6.42 Å². The van der Waals surface area contributed by atoms with E-state index >= 15 is 0 Å². The first kappa shape index (κ1) is 9.52. The molecule has 0 unspecified atom stereocenters. The summed E-state index contributed by atoms with van der Waals surface area (Å²) in [7, 11) is 1.59. The van der Waals surface area contributed by atoms with E-state index in [1.807, 2.05) is 6.07 Å². The number of carbonyl (C=O) groups excluding carboxylic acids is 1. The predicted molar refractivity (Wildman–Crippen MR) is 52.3 cm³/mol. The second-order valence-corrected chi connectivity index (χ2v) is 2.64. The Morgan fingerprint density at radius 2 is 2.31 bits per heavy atom. The van der Waals surface area contributed by atoms with Crippen LogP contribution in [0.3, 0.4) is 0 Å². The summed E-state index contributed by atoms with van der Waals surface area (Å²) in [6.45, 7) is 3.64. The Bertz CT molecular complexity index is 316. The minimum Gasteiger partial charge on any atom is -0.496 e. The van der Waals surface area contributed by atoms with Gasteiger partial charge in [0.15, 0.2) is 0 Å². The molecule has 0 saturated heterocycles. The van der Waals surface area contributed by atoms with Crippen LogP contribution in [-0.4, -0.2) is 13.4 Å². The van der Waals surface area contributed by atoms with Crippen molar-refractivity contribution in [1.29, 1.82) is 0 Å². The third-order valence-electron chi connectivity index (χ3n) is 1.86. The summed E-state index contributed by atoms with van der Waals surface area (Å²) in [5, 5.41) is 0. The first-order valence-corrected chi connectivity index (χ1v) is 4.05. The molecule has 68 valence electrons. The molecule has 2 heteroatoms. The molecule has 0 aliphatic carbocycles. The molecule has 0 heterocycles. The zero-order chi connectivity index (χ0) is 9.68. The van der Waals surface area contributed by atoms with Crippen LogP contribution >= 0.6 is 0 Å². The van der Waals surface area contributed by atoms with Crippen LogP contribution in [0.2, 0.25) is 0 Å². The van der Waals surface area contributed by atoms with E-state index in [9.17, 15) is 4.79 Å². The van der Waals surface area contributed by atoms with Gasteiger partial charge in [0, 0.05) is 11.1 Å². The molecule has 0 bridgehead atoms. The molecule has 0 amide bonds. The highest BCUT2D eigenvalue weighted by Crippen LogP contribution is 2.21. The summed E-state index contributed by atoms with van der Waals surface area (Å²) in [4.78, 5) is 10.7. The van der Waals surface area contributed by atoms with Gasteiger partial charge in [0.05, 0.1) is 7.11 Å². The lowest BCUT2D eigenvalue weighted by Gasteiger charge is -2.07. The molecule has 0 spiro atoms. The summed E-state index contributed by atoms with van der Waals surface area (Å²) in [5.41, 5.74) is 1.56. The minimum absolute atomic E-state index is 0.651. The number of carbonyl (C=O) groups is 1. The fourth-order valence-corrected chi connectivity index (χ4v) is 1.25. The Labute approximate surface area is 77.8 Å². The SMILES string of the molecule is C=CCc1c(C=O)cccc1OC. The van der Waals surface area contributed by atoms with Crippen molar-refractivity contribution in [3.05, 3.63) is 42.0 Å². The number of ether oxygens (including phenoxy) is 1. The predicted octanol–water partition coefficient (Wildman–Crippen LogP) is 2.24. The van der Waals surface area contributed by atoms with Crippen LogP contribution in [-0.2, 0) is 6.42 Å². The highest BCUT2D eigenvalue weighted by molar-refractivity contribution is 5.78. The number of rotatable bonds is 4. The zero-order valence-corrected chi connectivity index (χ0v) is 7.62. The van der Waals surface area contributed by atoms with Crippen LogP contribution in [0.5, 0.6) is 5.75 Å². The Morgan fingerprint density at radius 3 is 2.85 bits per heavy atom. The van der Waals surface area contributed by atoms with Gasteiger partial charge >= 0.3 is 0 Å². The summed E-state index contributed by atoms with van der Waals surface area (Å²) < 4.78 is 5.13. The molecule has 0 fully saturated rings. The van der Waals surface area contributed by atoms with Crippen LogP contribution in [0, 0.1) is 0 Å². The molecule has 2 nitrogen and oxygen atoms in total. The van der Waals surface area contributed by atoms with Gasteiger partial charge < -0.3 is 4.74 Å². The van der Waals surface area contributed by atoms with Crippen molar-refractivity contribution >= 4 is 6.29 Å². The van der Waals surface area contributed by atoms with E-state index < -0.39 is 0 Å². The van der Waals surface area contributed by atoms with Gasteiger partial charge in [-0.05, 0) is 12.5 Å². The van der Waals surface area contributed by atoms with E-state index in [0.29, 0.717) is 12.0 Å². The van der Waals surface area contributed by atoms with E-state index in [4.69, 9.17) is 4.74 Å². The molecule has 0 saturated carbocycles. The van der Waals surface area contributed by atoms with E-state index in [1.165, 1.54) is 0 Å². The molecule has 0 N–H and O–H groups in total. The molecule has 1 aromatic carbocycles. The van der Waals surface area contributed by atoms with Crippen LogP contribution in [0.1, 0.15) is 15.9 Å². The maximum absolute atomic E-state index is 10.7. The van der Waals surface area contributed by atoms with Crippen molar-refractivity contribution in [2.24, 2.45) is 0 Å². The number of hydrogen-bond acceptors (Lipinski definition) is 2. The molecular weight excluding hydrogens is 164 g/mol. The number of hydrogen-bond donors (Lipinski definition) is 0. The van der Waals surface area contributed by atoms with Crippen molar-refractivity contribution in [1.82, 2.24) is 0 Å². The molecular formula is C11H12O2. The minimum atomic E-state index is 0.651. The molecule has 13 heavy (non-hydrogen) atoms. The summed E-state index contributed by atoms with van der Waals surface area (Å²) in [6, 6.07) is 5.41. The second kappa shape index (κ2) is 4.45. The highest BCUT2D eigenvalue weighted by atomic mass is 16.5. The average molecular weight is 176 g/mol. The number of aldehydes is 1. The lowest BCUT2D eigenvalue weighted by molar-refractivity contribution is 0.112. The van der Waals surface area contributed by atoms with Gasteiger partial charge in [0.25, 0.3) is 0 Å². The normalized spacial score (nSPS) is 9.31. The smallest absolute Gasteiger partial charge is 0.150 e. The zero-order valence-electron chi connectivity index (χ0n) is 7.62. The first-order valence-electron chi connectivity index (χ1n) is 4.05. The van der Waals surface area contributed by atoms with Gasteiger partial charge in [0.2, 0.25) is 0 Å². The van der Waals surface area contributed by atoms with Crippen molar-refractivity contribution in [3.63, 3.8) is 0 Å². The van der Waals surface area contributed by atoms with Gasteiger partial charge in [-0.25, -0.2) is 0 Å². The standard InChI is InChI=1S/C11H12O2/c1-3-5-10-9(8-12)6-4-7-11(10)13-2/h3-4,6-8H,1,5H2,2H3. The van der Waals surface area contributed by atoms with Crippen LogP contribution < -0.4 is 4.74 Å². The average Bonchev–Trinajstić information content (AvgIpc) is 2.18. The Balaban J connectivity index is 3.20. The maximum Gasteiger partial charge on any atom is 0.150 e. The Kier molecular flexibility index (Phi) is 3.26. The fourth-order valence-electron chi connectivity index (χ4n) is 1.25. The summed E-state index contributed by atoms with van der Waals surface area (Å²) >= 11 is 0. The number of allylic oxidation sites excluding steroid dienone is 1. The Morgan fingerprint density at radius 1 is 1.54 bits per heavy atom. The lowest BCUT2D eigenvalue weighted by atomic mass is 10.0. The topological polar surface area (TPSA) is 26.3 Å². The van der Waals surface area contributed by atoms with E-state index in [0.717, 1.165) is 17.6 Å². The molecule has 0 aliphatic heterocycles.